The highest BCUT2D eigenvalue weighted by molar-refractivity contribution is 6.76. The molecule has 3 aliphatic rings. The third kappa shape index (κ3) is 12.8. The molecule has 0 unspecified atom stereocenters. The topological polar surface area (TPSA) is 113 Å². The molecule has 0 amide bonds. The normalized spacial score (nSPS) is 29.9. The Morgan fingerprint density at radius 1 is 0.617 bits per heavy atom. The van der Waals surface area contributed by atoms with Crippen LogP contribution in [-0.4, -0.2) is 94.3 Å². The highest BCUT2D eigenvalue weighted by atomic mass is 28.3. The van der Waals surface area contributed by atoms with Crippen LogP contribution in [0.15, 0.2) is 97.1 Å². The molecule has 0 radical (unpaired) electrons. The summed E-state index contributed by atoms with van der Waals surface area (Å²) in [7, 11) is -1.16. The molecule has 60 heavy (non-hydrogen) atoms. The Hall–Kier alpha value is -3.40. The first kappa shape index (κ1) is 44.6. The van der Waals surface area contributed by atoms with Gasteiger partial charge in [-0.3, -0.25) is 0 Å². The van der Waals surface area contributed by atoms with E-state index < -0.39 is 51.4 Å². The van der Waals surface area contributed by atoms with Crippen molar-refractivity contribution in [1.82, 2.24) is 0 Å². The summed E-state index contributed by atoms with van der Waals surface area (Å²) in [4.78, 5) is 0. The summed E-state index contributed by atoms with van der Waals surface area (Å²) in [6.07, 6.45) is -2.92. The Labute approximate surface area is 356 Å². The van der Waals surface area contributed by atoms with E-state index in [0.29, 0.717) is 57.0 Å². The second kappa shape index (κ2) is 21.1. The van der Waals surface area contributed by atoms with Crippen LogP contribution in [0.1, 0.15) is 57.6 Å². The fraction of sp³-hybridized carbons (Fsp3) is 0.542. The molecule has 0 spiro atoms. The maximum atomic E-state index is 10.3. The molecule has 0 bridgehead atoms. The summed E-state index contributed by atoms with van der Waals surface area (Å²) in [6, 6.07) is 33.4. The van der Waals surface area contributed by atoms with Gasteiger partial charge in [-0.05, 0) is 85.5 Å². The lowest BCUT2D eigenvalue weighted by atomic mass is 9.99. The first-order valence-electron chi connectivity index (χ1n) is 21.6. The Balaban J connectivity index is 1.01. The molecule has 4 aromatic carbocycles. The summed E-state index contributed by atoms with van der Waals surface area (Å²) in [6.45, 7) is 14.5. The van der Waals surface area contributed by atoms with E-state index in [1.54, 1.807) is 0 Å². The summed E-state index contributed by atoms with van der Waals surface area (Å²) < 4.78 is 63.9. The van der Waals surface area contributed by atoms with Crippen LogP contribution < -0.4 is 9.47 Å². The average Bonchev–Trinajstić information content (AvgIpc) is 3.23. The van der Waals surface area contributed by atoms with Gasteiger partial charge in [0.1, 0.15) is 23.7 Å². The maximum absolute atomic E-state index is 10.3. The molecule has 7 rings (SSSR count). The first-order chi connectivity index (χ1) is 29.0. The van der Waals surface area contributed by atoms with E-state index in [4.69, 9.17) is 47.4 Å². The summed E-state index contributed by atoms with van der Waals surface area (Å²) in [5, 5.41) is 12.6. The van der Waals surface area contributed by atoms with E-state index in [2.05, 4.69) is 62.1 Å². The number of hydrogen-bond acceptors (Lipinski definition) is 11. The minimum atomic E-state index is -1.16. The molecule has 0 saturated carbocycles. The average molecular weight is 845 g/mol. The van der Waals surface area contributed by atoms with Gasteiger partial charge in [-0.15, -0.1) is 0 Å². The zero-order valence-electron chi connectivity index (χ0n) is 36.0. The fourth-order valence-electron chi connectivity index (χ4n) is 7.90. The molecule has 12 heteroatoms. The third-order valence-electron chi connectivity index (χ3n) is 11.4. The van der Waals surface area contributed by atoms with Crippen LogP contribution >= 0.6 is 0 Å². The zero-order chi connectivity index (χ0) is 42.1. The molecule has 3 saturated heterocycles. The molecule has 11 atom stereocenters. The van der Waals surface area contributed by atoms with Crippen molar-refractivity contribution in [2.75, 3.05) is 13.4 Å². The number of hydrogen-bond donors (Lipinski definition) is 1. The van der Waals surface area contributed by atoms with Crippen molar-refractivity contribution in [2.24, 2.45) is 0 Å². The van der Waals surface area contributed by atoms with Crippen LogP contribution in [-0.2, 0) is 51.1 Å². The molecular formula is C48H64O11Si. The largest absolute Gasteiger partial charge is 0.468 e. The van der Waals surface area contributed by atoms with E-state index in [1.165, 1.54) is 5.39 Å². The number of fused-ring (bicyclic) bond motifs is 1. The van der Waals surface area contributed by atoms with Crippen molar-refractivity contribution in [3.05, 3.63) is 108 Å². The fourth-order valence-corrected chi connectivity index (χ4v) is 8.65. The second-order valence-electron chi connectivity index (χ2n) is 17.6. The van der Waals surface area contributed by atoms with E-state index in [9.17, 15) is 5.11 Å². The maximum Gasteiger partial charge on any atom is 0.202 e. The van der Waals surface area contributed by atoms with Gasteiger partial charge in [0.15, 0.2) is 19.4 Å². The minimum Gasteiger partial charge on any atom is -0.468 e. The van der Waals surface area contributed by atoms with Gasteiger partial charge >= 0.3 is 0 Å². The quantitative estimate of drug-likeness (QED) is 0.0589. The lowest BCUT2D eigenvalue weighted by Crippen LogP contribution is -2.56. The molecule has 3 fully saturated rings. The van der Waals surface area contributed by atoms with Gasteiger partial charge in [0.25, 0.3) is 0 Å². The predicted molar refractivity (Wildman–Crippen MR) is 231 cm³/mol. The minimum absolute atomic E-state index is 0.212. The van der Waals surface area contributed by atoms with Crippen molar-refractivity contribution in [3.8, 4) is 11.5 Å². The molecule has 11 nitrogen and oxygen atoms in total. The highest BCUT2D eigenvalue weighted by Crippen LogP contribution is 2.35. The predicted octanol–water partition coefficient (Wildman–Crippen LogP) is 9.01. The standard InChI is InChI=1S/C48H64O11Si/c1-32-41(49)22-23-44(54-32)58-47-33(2)56-46(28-43(47)52-30-36-16-17-37-14-10-11-15-38(37)26-36)59-48-34(3)55-45(27-42(48)51-29-35-12-8-7-9-13-35)57-40-20-18-39(19-21-40)53-31-50-24-25-60(4,5)6/h7-21,26,32-34,41-49H,22-25,27-31H2,1-6H3/t32-,33+,34+,41-,42+,43+,44-,45-,46-,47+,48+/m0/s1. The van der Waals surface area contributed by atoms with Gasteiger partial charge in [0.05, 0.1) is 49.8 Å². The first-order valence-corrected chi connectivity index (χ1v) is 25.3. The number of ether oxygens (including phenoxy) is 10. The molecule has 1 N–H and O–H groups in total. The smallest absolute Gasteiger partial charge is 0.202 e. The molecule has 326 valence electrons. The van der Waals surface area contributed by atoms with Crippen LogP contribution in [0.3, 0.4) is 0 Å². The number of aliphatic hydroxyl groups is 1. The summed E-state index contributed by atoms with van der Waals surface area (Å²) in [5.41, 5.74) is 2.12. The lowest BCUT2D eigenvalue weighted by Gasteiger charge is -2.45. The van der Waals surface area contributed by atoms with Gasteiger partial charge in [-0.1, -0.05) is 86.4 Å². The molecule has 0 aliphatic carbocycles. The molecule has 0 aromatic heterocycles. The number of rotatable bonds is 18. The molecule has 3 aliphatic heterocycles. The van der Waals surface area contributed by atoms with Crippen LogP contribution in [0.5, 0.6) is 11.5 Å². The van der Waals surface area contributed by atoms with Crippen LogP contribution in [0.25, 0.3) is 10.8 Å². The van der Waals surface area contributed by atoms with E-state index >= 15 is 0 Å². The van der Waals surface area contributed by atoms with Crippen molar-refractivity contribution in [1.29, 1.82) is 0 Å². The second-order valence-corrected chi connectivity index (χ2v) is 23.2. The SMILES string of the molecule is C[C@@H]1O[C@@H](O[C@@H]2[C@@H](C)O[C@@H](O[C@@H]3[C@@H](C)O[C@@H](Oc4ccc(OCOCC[Si](C)(C)C)cc4)C[C@H]3OCc3ccccc3)C[C@H]2OCc2ccc3ccccc3c2)CC[C@@H]1O. The van der Waals surface area contributed by atoms with Gasteiger partial charge in [-0.2, -0.15) is 0 Å². The van der Waals surface area contributed by atoms with Crippen LogP contribution in [0.2, 0.25) is 25.7 Å². The van der Waals surface area contributed by atoms with Crippen molar-refractivity contribution in [2.45, 2.75) is 153 Å². The Kier molecular flexibility index (Phi) is 15.7. The Morgan fingerprint density at radius 3 is 1.92 bits per heavy atom. The van der Waals surface area contributed by atoms with Crippen molar-refractivity contribution in [3.63, 3.8) is 0 Å². The van der Waals surface area contributed by atoms with E-state index in [0.717, 1.165) is 22.6 Å². The Bertz CT molecular complexity index is 1890. The van der Waals surface area contributed by atoms with Crippen LogP contribution in [0, 0.1) is 0 Å². The molecular weight excluding hydrogens is 781 g/mol. The van der Waals surface area contributed by atoms with Gasteiger partial charge < -0.3 is 52.5 Å². The van der Waals surface area contributed by atoms with Gasteiger partial charge in [0, 0.05) is 33.9 Å². The number of aliphatic hydroxyl groups excluding tert-OH is 1. The molecule has 3 heterocycles. The highest BCUT2D eigenvalue weighted by Gasteiger charge is 2.46. The Morgan fingerprint density at radius 2 is 1.22 bits per heavy atom. The third-order valence-corrected chi connectivity index (χ3v) is 13.2. The van der Waals surface area contributed by atoms with E-state index in [1.807, 2.05) is 75.4 Å². The van der Waals surface area contributed by atoms with E-state index in [-0.39, 0.29) is 31.2 Å². The zero-order valence-corrected chi connectivity index (χ0v) is 37.0. The number of benzene rings is 4. The van der Waals surface area contributed by atoms with Gasteiger partial charge in [-0.25, -0.2) is 0 Å². The monoisotopic (exact) mass is 844 g/mol. The summed E-state index contributed by atoms with van der Waals surface area (Å²) in [5.74, 6) is 1.37. The molecule has 4 aromatic rings. The van der Waals surface area contributed by atoms with Crippen molar-refractivity contribution >= 4 is 18.8 Å². The lowest BCUT2D eigenvalue weighted by molar-refractivity contribution is -0.332. The van der Waals surface area contributed by atoms with Crippen LogP contribution in [0.4, 0.5) is 0 Å². The van der Waals surface area contributed by atoms with Crippen molar-refractivity contribution < 1.29 is 52.5 Å². The summed E-state index contributed by atoms with van der Waals surface area (Å²) >= 11 is 0. The van der Waals surface area contributed by atoms with Gasteiger partial charge in [0.2, 0.25) is 6.29 Å².